The molecule has 0 radical (unpaired) electrons. The second-order valence-electron chi connectivity index (χ2n) is 4.40. The van der Waals surface area contributed by atoms with Crippen LogP contribution in [0.15, 0.2) is 67.8 Å². The molecule has 0 atom stereocenters. The second-order valence-corrected chi connectivity index (χ2v) is 4.40. The van der Waals surface area contributed by atoms with Crippen LogP contribution >= 0.6 is 0 Å². The Morgan fingerprint density at radius 1 is 0.905 bits per heavy atom. The molecule has 0 saturated carbocycles. The first-order chi connectivity index (χ1) is 10.2. The lowest BCUT2D eigenvalue weighted by Gasteiger charge is -2.07. The van der Waals surface area contributed by atoms with Crippen LogP contribution in [0.1, 0.15) is 31.1 Å². The van der Waals surface area contributed by atoms with E-state index in [-0.39, 0.29) is 0 Å². The van der Waals surface area contributed by atoms with E-state index in [1.807, 2.05) is 63.3 Å². The summed E-state index contributed by atoms with van der Waals surface area (Å²) >= 11 is 0. The Labute approximate surface area is 127 Å². The Kier molecular flexibility index (Phi) is 6.82. The Morgan fingerprint density at radius 3 is 1.67 bits per heavy atom. The minimum atomic E-state index is 0.737. The Balaban J connectivity index is 3.45. The average Bonchev–Trinajstić information content (AvgIpc) is 2.46. The van der Waals surface area contributed by atoms with Crippen molar-refractivity contribution >= 4 is 11.1 Å². The summed E-state index contributed by atoms with van der Waals surface area (Å²) in [5.74, 6) is 0.737. The third kappa shape index (κ3) is 4.84. The lowest BCUT2D eigenvalue weighted by Crippen LogP contribution is -1.98. The van der Waals surface area contributed by atoms with Gasteiger partial charge in [-0.3, -0.25) is 0 Å². The third-order valence-electron chi connectivity index (χ3n) is 2.72. The predicted molar refractivity (Wildman–Crippen MR) is 92.7 cm³/mol. The summed E-state index contributed by atoms with van der Waals surface area (Å²) < 4.78 is 0. The largest absolute Gasteiger partial charge is 0.233 e. The van der Waals surface area contributed by atoms with Crippen molar-refractivity contribution < 1.29 is 0 Å². The van der Waals surface area contributed by atoms with Crippen molar-refractivity contribution in [3.63, 3.8) is 0 Å². The van der Waals surface area contributed by atoms with Crippen LogP contribution in [-0.2, 0) is 0 Å². The lowest BCUT2D eigenvalue weighted by molar-refractivity contribution is 1.02. The van der Waals surface area contributed by atoms with Crippen LogP contribution in [0, 0.1) is 6.92 Å². The van der Waals surface area contributed by atoms with E-state index in [2.05, 4.69) is 23.1 Å². The molecule has 0 aromatic carbocycles. The molecule has 0 amide bonds. The molecule has 0 aliphatic carbocycles. The number of hydrogen-bond acceptors (Lipinski definition) is 2. The maximum Gasteiger partial charge on any atom is 0.126 e. The minimum absolute atomic E-state index is 0.737. The molecule has 0 aliphatic rings. The van der Waals surface area contributed by atoms with E-state index in [1.54, 1.807) is 12.2 Å². The highest BCUT2D eigenvalue weighted by Crippen LogP contribution is 2.20. The Hall–Kier alpha value is -2.48. The first-order valence-electron chi connectivity index (χ1n) is 6.93. The zero-order valence-corrected chi connectivity index (χ0v) is 13.0. The van der Waals surface area contributed by atoms with Crippen LogP contribution in [0.2, 0.25) is 0 Å². The fourth-order valence-electron chi connectivity index (χ4n) is 1.93. The second kappa shape index (κ2) is 8.64. The topological polar surface area (TPSA) is 25.8 Å². The highest BCUT2D eigenvalue weighted by atomic mass is 14.9. The van der Waals surface area contributed by atoms with Gasteiger partial charge in [-0.15, -0.1) is 0 Å². The molecule has 21 heavy (non-hydrogen) atoms. The molecule has 108 valence electrons. The van der Waals surface area contributed by atoms with Crippen LogP contribution in [0.4, 0.5) is 0 Å². The van der Waals surface area contributed by atoms with Crippen molar-refractivity contribution in [2.75, 3.05) is 0 Å². The standard InChI is InChI=1S/C19H22N2/c1-6-10-16(11-7-2)18-14-19(21-15(5)20-18)17(12-8-3)13-9-4/h6-14H,1,3H2,2,4-5H3/b11-7-,13-9-,16-10+,17-12+. The van der Waals surface area contributed by atoms with Crippen LogP contribution in [0.5, 0.6) is 0 Å². The number of allylic oxidation sites excluding steroid dienone is 10. The van der Waals surface area contributed by atoms with Gasteiger partial charge >= 0.3 is 0 Å². The quantitative estimate of drug-likeness (QED) is 0.678. The summed E-state index contributed by atoms with van der Waals surface area (Å²) in [6.07, 6.45) is 15.4. The van der Waals surface area contributed by atoms with Crippen molar-refractivity contribution in [1.29, 1.82) is 0 Å². The van der Waals surface area contributed by atoms with Crippen LogP contribution in [0.3, 0.4) is 0 Å². The van der Waals surface area contributed by atoms with E-state index in [0.717, 1.165) is 28.4 Å². The van der Waals surface area contributed by atoms with Gasteiger partial charge in [0.25, 0.3) is 0 Å². The van der Waals surface area contributed by atoms with E-state index < -0.39 is 0 Å². The number of aryl methyl sites for hydroxylation is 1. The number of rotatable bonds is 6. The fraction of sp³-hybridized carbons (Fsp3) is 0.158. The average molecular weight is 278 g/mol. The van der Waals surface area contributed by atoms with E-state index in [0.29, 0.717) is 0 Å². The number of hydrogen-bond donors (Lipinski definition) is 0. The maximum atomic E-state index is 4.52. The molecule has 2 nitrogen and oxygen atoms in total. The molecule has 0 bridgehead atoms. The molecular formula is C19H22N2. The number of nitrogens with zero attached hydrogens (tertiary/aromatic N) is 2. The Bertz CT molecular complexity index is 577. The summed E-state index contributed by atoms with van der Waals surface area (Å²) in [4.78, 5) is 9.04. The SMILES string of the molecule is C=C/C=C(\C=C/C)c1cc(C(/C=C\C)=C/C=C)nc(C)n1. The minimum Gasteiger partial charge on any atom is -0.233 e. The van der Waals surface area contributed by atoms with Crippen molar-refractivity contribution in [1.82, 2.24) is 9.97 Å². The van der Waals surface area contributed by atoms with E-state index >= 15 is 0 Å². The van der Waals surface area contributed by atoms with Crippen molar-refractivity contribution in [3.05, 3.63) is 85.0 Å². The van der Waals surface area contributed by atoms with Gasteiger partial charge in [0.1, 0.15) is 5.82 Å². The normalized spacial score (nSPS) is 13.1. The van der Waals surface area contributed by atoms with E-state index in [9.17, 15) is 0 Å². The van der Waals surface area contributed by atoms with E-state index in [4.69, 9.17) is 0 Å². The van der Waals surface area contributed by atoms with Gasteiger partial charge in [0.15, 0.2) is 0 Å². The molecule has 1 heterocycles. The van der Waals surface area contributed by atoms with Gasteiger partial charge in [-0.1, -0.05) is 61.8 Å². The smallest absolute Gasteiger partial charge is 0.126 e. The zero-order valence-electron chi connectivity index (χ0n) is 13.0. The molecule has 0 spiro atoms. The highest BCUT2D eigenvalue weighted by molar-refractivity contribution is 5.78. The fourth-order valence-corrected chi connectivity index (χ4v) is 1.93. The van der Waals surface area contributed by atoms with Crippen molar-refractivity contribution in [2.45, 2.75) is 20.8 Å². The Morgan fingerprint density at radius 2 is 1.33 bits per heavy atom. The van der Waals surface area contributed by atoms with Crippen molar-refractivity contribution in [3.8, 4) is 0 Å². The molecule has 1 aromatic rings. The van der Waals surface area contributed by atoms with Crippen LogP contribution in [-0.4, -0.2) is 9.97 Å². The zero-order chi connectivity index (χ0) is 15.7. The molecule has 0 N–H and O–H groups in total. The summed E-state index contributed by atoms with van der Waals surface area (Å²) in [5.41, 5.74) is 3.79. The first kappa shape index (κ1) is 16.6. The van der Waals surface area contributed by atoms with E-state index in [1.165, 1.54) is 0 Å². The monoisotopic (exact) mass is 278 g/mol. The van der Waals surface area contributed by atoms with Gasteiger partial charge in [-0.05, 0) is 38.0 Å². The van der Waals surface area contributed by atoms with Gasteiger partial charge in [0.05, 0.1) is 11.4 Å². The molecule has 2 heteroatoms. The summed E-state index contributed by atoms with van der Waals surface area (Å²) in [6.45, 7) is 13.4. The summed E-state index contributed by atoms with van der Waals surface area (Å²) in [5, 5.41) is 0. The molecule has 0 unspecified atom stereocenters. The highest BCUT2D eigenvalue weighted by Gasteiger charge is 2.07. The molecule has 1 rings (SSSR count). The van der Waals surface area contributed by atoms with Crippen LogP contribution in [0.25, 0.3) is 11.1 Å². The summed E-state index contributed by atoms with van der Waals surface area (Å²) in [7, 11) is 0. The maximum absolute atomic E-state index is 4.52. The summed E-state index contributed by atoms with van der Waals surface area (Å²) in [6, 6.07) is 1.98. The predicted octanol–water partition coefficient (Wildman–Crippen LogP) is 5.08. The van der Waals surface area contributed by atoms with Gasteiger partial charge in [0.2, 0.25) is 0 Å². The first-order valence-corrected chi connectivity index (χ1v) is 6.93. The molecule has 0 fully saturated rings. The number of aromatic nitrogens is 2. The third-order valence-corrected chi connectivity index (χ3v) is 2.72. The van der Waals surface area contributed by atoms with Crippen molar-refractivity contribution in [2.24, 2.45) is 0 Å². The van der Waals surface area contributed by atoms with Gasteiger partial charge in [0, 0.05) is 0 Å². The van der Waals surface area contributed by atoms with Gasteiger partial charge < -0.3 is 0 Å². The molecular weight excluding hydrogens is 256 g/mol. The molecule has 0 aliphatic heterocycles. The molecule has 1 aromatic heterocycles. The lowest BCUT2D eigenvalue weighted by atomic mass is 10.1. The van der Waals surface area contributed by atoms with Gasteiger partial charge in [-0.25, -0.2) is 9.97 Å². The van der Waals surface area contributed by atoms with Crippen LogP contribution < -0.4 is 0 Å². The van der Waals surface area contributed by atoms with Gasteiger partial charge in [-0.2, -0.15) is 0 Å². The molecule has 0 saturated heterocycles.